The molecule has 4 N–H and O–H groups in total. The SMILES string of the molecule is Cc1ccccc1NC(=S)NNC(=S)NCCC(C)C. The van der Waals surface area contributed by atoms with Crippen molar-refractivity contribution in [1.82, 2.24) is 16.2 Å². The predicted octanol–water partition coefficient (Wildman–Crippen LogP) is 2.71. The molecule has 0 bridgehead atoms. The zero-order valence-corrected chi connectivity index (χ0v) is 13.8. The second-order valence-corrected chi connectivity index (χ2v) is 5.77. The van der Waals surface area contributed by atoms with Crippen LogP contribution in [0.25, 0.3) is 0 Å². The van der Waals surface area contributed by atoms with Crippen molar-refractivity contribution in [3.8, 4) is 0 Å². The summed E-state index contributed by atoms with van der Waals surface area (Å²) >= 11 is 10.3. The minimum Gasteiger partial charge on any atom is -0.361 e. The second-order valence-electron chi connectivity index (χ2n) is 4.96. The van der Waals surface area contributed by atoms with E-state index in [9.17, 15) is 0 Å². The lowest BCUT2D eigenvalue weighted by Crippen LogP contribution is -2.48. The van der Waals surface area contributed by atoms with E-state index in [1.54, 1.807) is 0 Å². The molecule has 110 valence electrons. The number of hydrazine groups is 1. The van der Waals surface area contributed by atoms with Gasteiger partial charge in [0.2, 0.25) is 0 Å². The number of benzene rings is 1. The van der Waals surface area contributed by atoms with Crippen LogP contribution in [0, 0.1) is 12.8 Å². The molecule has 0 unspecified atom stereocenters. The Balaban J connectivity index is 2.26. The van der Waals surface area contributed by atoms with Gasteiger partial charge >= 0.3 is 0 Å². The minimum absolute atomic E-state index is 0.479. The highest BCUT2D eigenvalue weighted by atomic mass is 32.1. The van der Waals surface area contributed by atoms with Crippen LogP contribution in [0.5, 0.6) is 0 Å². The van der Waals surface area contributed by atoms with Crippen LogP contribution in [0.15, 0.2) is 24.3 Å². The highest BCUT2D eigenvalue weighted by molar-refractivity contribution is 7.80. The summed E-state index contributed by atoms with van der Waals surface area (Å²) in [6.07, 6.45) is 1.08. The van der Waals surface area contributed by atoms with Gasteiger partial charge in [-0.05, 0) is 55.3 Å². The highest BCUT2D eigenvalue weighted by Gasteiger charge is 2.01. The first kappa shape index (κ1) is 16.7. The van der Waals surface area contributed by atoms with Crippen molar-refractivity contribution < 1.29 is 0 Å². The van der Waals surface area contributed by atoms with E-state index in [0.29, 0.717) is 16.1 Å². The quantitative estimate of drug-likeness (QED) is 0.507. The highest BCUT2D eigenvalue weighted by Crippen LogP contribution is 2.12. The molecule has 0 saturated carbocycles. The maximum Gasteiger partial charge on any atom is 0.189 e. The molecular formula is C14H22N4S2. The lowest BCUT2D eigenvalue weighted by atomic mass is 10.1. The van der Waals surface area contributed by atoms with E-state index in [1.807, 2.05) is 31.2 Å². The molecule has 20 heavy (non-hydrogen) atoms. The van der Waals surface area contributed by atoms with Crippen LogP contribution < -0.4 is 21.5 Å². The third-order valence-corrected chi connectivity index (χ3v) is 3.14. The zero-order chi connectivity index (χ0) is 15.0. The fraction of sp³-hybridized carbons (Fsp3) is 0.429. The molecule has 0 aliphatic carbocycles. The molecule has 1 rings (SSSR count). The van der Waals surface area contributed by atoms with Gasteiger partial charge < -0.3 is 10.6 Å². The normalized spacial score (nSPS) is 10.0. The zero-order valence-electron chi connectivity index (χ0n) is 12.1. The van der Waals surface area contributed by atoms with Crippen LogP contribution in [-0.2, 0) is 0 Å². The average molecular weight is 310 g/mol. The lowest BCUT2D eigenvalue weighted by Gasteiger charge is -2.15. The van der Waals surface area contributed by atoms with Gasteiger partial charge in [-0.15, -0.1) is 0 Å². The lowest BCUT2D eigenvalue weighted by molar-refractivity contribution is 0.575. The molecule has 0 atom stereocenters. The van der Waals surface area contributed by atoms with E-state index in [0.717, 1.165) is 24.2 Å². The maximum absolute atomic E-state index is 5.20. The number of rotatable bonds is 4. The number of anilines is 1. The molecule has 0 fully saturated rings. The maximum atomic E-state index is 5.20. The molecular weight excluding hydrogens is 288 g/mol. The van der Waals surface area contributed by atoms with Gasteiger partial charge in [-0.25, -0.2) is 0 Å². The van der Waals surface area contributed by atoms with Crippen LogP contribution in [-0.4, -0.2) is 16.8 Å². The molecule has 0 amide bonds. The standard InChI is InChI=1S/C14H22N4S2/c1-10(2)8-9-15-13(19)17-18-14(20)16-12-7-5-4-6-11(12)3/h4-7,10H,8-9H2,1-3H3,(H2,15,17,19)(H2,16,18,20). The van der Waals surface area contributed by atoms with Gasteiger partial charge in [0.15, 0.2) is 10.2 Å². The van der Waals surface area contributed by atoms with Gasteiger partial charge in [-0.3, -0.25) is 10.9 Å². The molecule has 1 aromatic carbocycles. The smallest absolute Gasteiger partial charge is 0.189 e. The fourth-order valence-corrected chi connectivity index (χ4v) is 1.81. The van der Waals surface area contributed by atoms with E-state index < -0.39 is 0 Å². The minimum atomic E-state index is 0.479. The first-order valence-electron chi connectivity index (χ1n) is 6.65. The van der Waals surface area contributed by atoms with Gasteiger partial charge in [0.25, 0.3) is 0 Å². The van der Waals surface area contributed by atoms with Gasteiger partial charge in [0.05, 0.1) is 0 Å². The predicted molar refractivity (Wildman–Crippen MR) is 93.7 cm³/mol. The number of para-hydroxylation sites is 1. The summed E-state index contributed by atoms with van der Waals surface area (Å²) < 4.78 is 0. The van der Waals surface area contributed by atoms with Crippen LogP contribution in [0.1, 0.15) is 25.8 Å². The number of aryl methyl sites for hydroxylation is 1. The topological polar surface area (TPSA) is 48.1 Å². The summed E-state index contributed by atoms with van der Waals surface area (Å²) in [5.41, 5.74) is 7.84. The van der Waals surface area contributed by atoms with E-state index >= 15 is 0 Å². The van der Waals surface area contributed by atoms with Gasteiger partial charge in [0.1, 0.15) is 0 Å². The Hall–Kier alpha value is -1.40. The second kappa shape index (κ2) is 8.71. The third kappa shape index (κ3) is 6.68. The van der Waals surface area contributed by atoms with Crippen molar-refractivity contribution in [3.63, 3.8) is 0 Å². The van der Waals surface area contributed by atoms with Crippen LogP contribution in [0.4, 0.5) is 5.69 Å². The van der Waals surface area contributed by atoms with Crippen molar-refractivity contribution >= 4 is 40.3 Å². The first-order valence-corrected chi connectivity index (χ1v) is 7.47. The van der Waals surface area contributed by atoms with E-state index in [4.69, 9.17) is 24.4 Å². The first-order chi connectivity index (χ1) is 9.49. The van der Waals surface area contributed by atoms with Gasteiger partial charge in [0, 0.05) is 12.2 Å². The summed E-state index contributed by atoms with van der Waals surface area (Å²) in [5.74, 6) is 0.655. The molecule has 0 aliphatic rings. The third-order valence-electron chi connectivity index (χ3n) is 2.69. The Morgan fingerprint density at radius 3 is 2.40 bits per heavy atom. The van der Waals surface area contributed by atoms with Crippen molar-refractivity contribution in [2.75, 3.05) is 11.9 Å². The van der Waals surface area contributed by atoms with Crippen molar-refractivity contribution in [2.24, 2.45) is 5.92 Å². The molecule has 0 saturated heterocycles. The number of hydrogen-bond donors (Lipinski definition) is 4. The number of nitrogens with one attached hydrogen (secondary N) is 4. The summed E-state index contributed by atoms with van der Waals surface area (Å²) in [5, 5.41) is 7.25. The van der Waals surface area contributed by atoms with E-state index in [1.165, 1.54) is 0 Å². The van der Waals surface area contributed by atoms with Gasteiger partial charge in [-0.1, -0.05) is 32.0 Å². The van der Waals surface area contributed by atoms with E-state index in [2.05, 4.69) is 35.3 Å². The molecule has 0 aliphatic heterocycles. The summed E-state index contributed by atoms with van der Waals surface area (Å²) in [4.78, 5) is 0. The molecule has 6 heteroatoms. The van der Waals surface area contributed by atoms with Crippen molar-refractivity contribution in [2.45, 2.75) is 27.2 Å². The summed E-state index contributed by atoms with van der Waals surface area (Å²) in [6.45, 7) is 7.23. The molecule has 0 spiro atoms. The molecule has 0 heterocycles. The van der Waals surface area contributed by atoms with Gasteiger partial charge in [-0.2, -0.15) is 0 Å². The average Bonchev–Trinajstić information content (AvgIpc) is 2.39. The van der Waals surface area contributed by atoms with Crippen LogP contribution >= 0.6 is 24.4 Å². The monoisotopic (exact) mass is 310 g/mol. The Labute approximate surface area is 131 Å². The fourth-order valence-electron chi connectivity index (χ4n) is 1.50. The Bertz CT molecular complexity index is 460. The molecule has 0 aromatic heterocycles. The number of thiocarbonyl (C=S) groups is 2. The van der Waals surface area contributed by atoms with Crippen LogP contribution in [0.2, 0.25) is 0 Å². The van der Waals surface area contributed by atoms with E-state index in [-0.39, 0.29) is 0 Å². The van der Waals surface area contributed by atoms with Crippen molar-refractivity contribution in [3.05, 3.63) is 29.8 Å². The molecule has 1 aromatic rings. The van der Waals surface area contributed by atoms with Crippen LogP contribution in [0.3, 0.4) is 0 Å². The summed E-state index contributed by atoms with van der Waals surface area (Å²) in [7, 11) is 0. The molecule has 0 radical (unpaired) electrons. The largest absolute Gasteiger partial charge is 0.361 e. The Morgan fingerprint density at radius 1 is 1.10 bits per heavy atom. The Kier molecular flexibility index (Phi) is 7.25. The Morgan fingerprint density at radius 2 is 1.75 bits per heavy atom. The van der Waals surface area contributed by atoms with Crippen molar-refractivity contribution in [1.29, 1.82) is 0 Å². The summed E-state index contributed by atoms with van der Waals surface area (Å²) in [6, 6.07) is 7.95. The molecule has 4 nitrogen and oxygen atoms in total. The number of hydrogen-bond acceptors (Lipinski definition) is 2.